The molecule has 0 aliphatic rings. The van der Waals surface area contributed by atoms with Crippen molar-refractivity contribution in [3.8, 4) is 5.69 Å². The van der Waals surface area contributed by atoms with E-state index in [1.807, 2.05) is 29.8 Å². The highest BCUT2D eigenvalue weighted by Gasteiger charge is 2.00. The van der Waals surface area contributed by atoms with Crippen LogP contribution in [0.2, 0.25) is 0 Å². The van der Waals surface area contributed by atoms with Gasteiger partial charge in [-0.2, -0.15) is 0 Å². The van der Waals surface area contributed by atoms with E-state index < -0.39 is 0 Å². The largest absolute Gasteiger partial charge is 0.325 e. The van der Waals surface area contributed by atoms with Crippen LogP contribution in [0.25, 0.3) is 5.69 Å². The molecule has 0 bridgehead atoms. The average molecular weight is 188 g/mol. The van der Waals surface area contributed by atoms with Gasteiger partial charge in [0.2, 0.25) is 0 Å². The molecule has 4 nitrogen and oxygen atoms in total. The maximum atomic E-state index is 5.55. The zero-order valence-corrected chi connectivity index (χ0v) is 8.01. The van der Waals surface area contributed by atoms with Crippen LogP contribution in [0.1, 0.15) is 11.4 Å². The van der Waals surface area contributed by atoms with E-state index in [0.717, 1.165) is 17.1 Å². The quantitative estimate of drug-likeness (QED) is 0.766. The summed E-state index contributed by atoms with van der Waals surface area (Å²) in [7, 11) is 0. The van der Waals surface area contributed by atoms with Crippen molar-refractivity contribution in [3.63, 3.8) is 0 Å². The molecule has 2 N–H and O–H groups in total. The molecule has 2 aromatic rings. The monoisotopic (exact) mass is 188 g/mol. The topological polar surface area (TPSA) is 56.7 Å². The lowest BCUT2D eigenvalue weighted by molar-refractivity contribution is 0.945. The summed E-state index contributed by atoms with van der Waals surface area (Å²) in [6.45, 7) is 2.42. The molecule has 4 heteroatoms. The van der Waals surface area contributed by atoms with Crippen molar-refractivity contribution in [2.24, 2.45) is 5.73 Å². The predicted octanol–water partition coefficient (Wildman–Crippen LogP) is 1.03. The number of nitrogens with two attached hydrogens (primary N) is 1. The molecule has 0 amide bonds. The molecule has 0 unspecified atom stereocenters. The fraction of sp³-hybridized carbons (Fsp3) is 0.200. The van der Waals surface area contributed by atoms with Crippen LogP contribution in [0.15, 0.2) is 30.9 Å². The van der Waals surface area contributed by atoms with Gasteiger partial charge in [-0.1, -0.05) is 0 Å². The molecule has 0 atom stereocenters. The molecule has 72 valence electrons. The standard InChI is InChI=1S/C10H12N4/c1-8-4-10(5-9(6-11)13-8)14-3-2-12-7-14/h2-5,7H,6,11H2,1H3. The van der Waals surface area contributed by atoms with Gasteiger partial charge >= 0.3 is 0 Å². The molecular formula is C10H12N4. The lowest BCUT2D eigenvalue weighted by Crippen LogP contribution is -2.03. The number of aromatic nitrogens is 3. The fourth-order valence-electron chi connectivity index (χ4n) is 1.38. The van der Waals surface area contributed by atoms with Gasteiger partial charge in [-0.25, -0.2) is 4.98 Å². The number of pyridine rings is 1. The first-order valence-corrected chi connectivity index (χ1v) is 4.45. The van der Waals surface area contributed by atoms with E-state index in [9.17, 15) is 0 Å². The molecular weight excluding hydrogens is 176 g/mol. The SMILES string of the molecule is Cc1cc(-n2ccnc2)cc(CN)n1. The van der Waals surface area contributed by atoms with Crippen LogP contribution < -0.4 is 5.73 Å². The third-order valence-electron chi connectivity index (χ3n) is 2.00. The van der Waals surface area contributed by atoms with Gasteiger partial charge in [-0.05, 0) is 19.1 Å². The van der Waals surface area contributed by atoms with Crippen molar-refractivity contribution in [1.29, 1.82) is 0 Å². The second-order valence-electron chi connectivity index (χ2n) is 3.13. The molecule has 0 aromatic carbocycles. The zero-order chi connectivity index (χ0) is 9.97. The van der Waals surface area contributed by atoms with Gasteiger partial charge in [0.1, 0.15) is 0 Å². The summed E-state index contributed by atoms with van der Waals surface area (Å²) in [4.78, 5) is 8.30. The minimum atomic E-state index is 0.462. The molecule has 0 aliphatic carbocycles. The van der Waals surface area contributed by atoms with Gasteiger partial charge in [0, 0.05) is 24.6 Å². The third-order valence-corrected chi connectivity index (χ3v) is 2.00. The first kappa shape index (κ1) is 8.90. The van der Waals surface area contributed by atoms with Crippen molar-refractivity contribution >= 4 is 0 Å². The van der Waals surface area contributed by atoms with E-state index in [0.29, 0.717) is 6.54 Å². The molecule has 0 aliphatic heterocycles. The Hall–Kier alpha value is -1.68. The number of hydrogen-bond acceptors (Lipinski definition) is 3. The van der Waals surface area contributed by atoms with Gasteiger partial charge in [-0.3, -0.25) is 4.98 Å². The summed E-state index contributed by atoms with van der Waals surface area (Å²) >= 11 is 0. The number of hydrogen-bond donors (Lipinski definition) is 1. The molecule has 2 aromatic heterocycles. The highest BCUT2D eigenvalue weighted by atomic mass is 15.0. The van der Waals surface area contributed by atoms with Gasteiger partial charge in [0.15, 0.2) is 0 Å². The first-order chi connectivity index (χ1) is 6.79. The summed E-state index contributed by atoms with van der Waals surface area (Å²) in [6.07, 6.45) is 5.40. The number of nitrogens with zero attached hydrogens (tertiary/aromatic N) is 3. The third kappa shape index (κ3) is 1.65. The molecule has 2 rings (SSSR count). The lowest BCUT2D eigenvalue weighted by Gasteiger charge is -2.05. The van der Waals surface area contributed by atoms with Crippen LogP contribution >= 0.6 is 0 Å². The molecule has 0 spiro atoms. The number of imidazole rings is 1. The fourth-order valence-corrected chi connectivity index (χ4v) is 1.38. The maximum absolute atomic E-state index is 5.55. The molecule has 0 saturated heterocycles. The highest BCUT2D eigenvalue weighted by Crippen LogP contribution is 2.10. The summed E-state index contributed by atoms with van der Waals surface area (Å²) in [5.41, 5.74) is 8.47. The zero-order valence-electron chi connectivity index (χ0n) is 8.01. The van der Waals surface area contributed by atoms with E-state index in [4.69, 9.17) is 5.73 Å². The van der Waals surface area contributed by atoms with Gasteiger partial charge < -0.3 is 10.3 Å². The summed E-state index contributed by atoms with van der Waals surface area (Å²) in [5, 5.41) is 0. The van der Waals surface area contributed by atoms with Gasteiger partial charge in [0.25, 0.3) is 0 Å². The Bertz CT molecular complexity index is 420. The lowest BCUT2D eigenvalue weighted by atomic mass is 10.2. The van der Waals surface area contributed by atoms with Crippen molar-refractivity contribution in [3.05, 3.63) is 42.2 Å². The van der Waals surface area contributed by atoms with Crippen LogP contribution in [-0.2, 0) is 6.54 Å². The second kappa shape index (κ2) is 3.59. The van der Waals surface area contributed by atoms with Crippen molar-refractivity contribution < 1.29 is 0 Å². The maximum Gasteiger partial charge on any atom is 0.0991 e. The molecule has 0 saturated carbocycles. The van der Waals surface area contributed by atoms with Gasteiger partial charge in [-0.15, -0.1) is 0 Å². The second-order valence-corrected chi connectivity index (χ2v) is 3.13. The Labute approximate surface area is 82.4 Å². The van der Waals surface area contributed by atoms with Crippen LogP contribution in [0.4, 0.5) is 0 Å². The summed E-state index contributed by atoms with van der Waals surface area (Å²) < 4.78 is 1.94. The number of aryl methyl sites for hydroxylation is 1. The molecule has 2 heterocycles. The molecule has 0 fully saturated rings. The van der Waals surface area contributed by atoms with Crippen LogP contribution in [0.3, 0.4) is 0 Å². The minimum absolute atomic E-state index is 0.462. The van der Waals surface area contributed by atoms with E-state index in [1.165, 1.54) is 0 Å². The summed E-state index contributed by atoms with van der Waals surface area (Å²) in [6, 6.07) is 3.97. The minimum Gasteiger partial charge on any atom is -0.325 e. The van der Waals surface area contributed by atoms with E-state index >= 15 is 0 Å². The first-order valence-electron chi connectivity index (χ1n) is 4.45. The van der Waals surface area contributed by atoms with Crippen molar-refractivity contribution in [1.82, 2.24) is 14.5 Å². The van der Waals surface area contributed by atoms with Crippen LogP contribution in [0.5, 0.6) is 0 Å². The van der Waals surface area contributed by atoms with E-state index in [2.05, 4.69) is 9.97 Å². The van der Waals surface area contributed by atoms with Crippen LogP contribution in [0, 0.1) is 6.92 Å². The van der Waals surface area contributed by atoms with E-state index in [1.54, 1.807) is 12.5 Å². The molecule has 14 heavy (non-hydrogen) atoms. The smallest absolute Gasteiger partial charge is 0.0991 e. The predicted molar refractivity (Wildman–Crippen MR) is 54.0 cm³/mol. The Morgan fingerprint density at radius 3 is 2.93 bits per heavy atom. The van der Waals surface area contributed by atoms with Crippen molar-refractivity contribution in [2.75, 3.05) is 0 Å². The Balaban J connectivity index is 2.48. The van der Waals surface area contributed by atoms with Crippen LogP contribution in [-0.4, -0.2) is 14.5 Å². The molecule has 0 radical (unpaired) electrons. The highest BCUT2D eigenvalue weighted by molar-refractivity contribution is 5.34. The van der Waals surface area contributed by atoms with Crippen molar-refractivity contribution in [2.45, 2.75) is 13.5 Å². The normalized spacial score (nSPS) is 10.4. The Kier molecular flexibility index (Phi) is 2.28. The average Bonchev–Trinajstić information content (AvgIpc) is 2.69. The number of rotatable bonds is 2. The Morgan fingerprint density at radius 2 is 2.29 bits per heavy atom. The summed E-state index contributed by atoms with van der Waals surface area (Å²) in [5.74, 6) is 0. The van der Waals surface area contributed by atoms with E-state index in [-0.39, 0.29) is 0 Å². The van der Waals surface area contributed by atoms with Gasteiger partial charge in [0.05, 0.1) is 17.7 Å². The Morgan fingerprint density at radius 1 is 1.43 bits per heavy atom.